The van der Waals surface area contributed by atoms with Gasteiger partial charge in [-0.1, -0.05) is 0 Å². The second kappa shape index (κ2) is 6.87. The smallest absolute Gasteiger partial charge is 0.252 e. The fraction of sp³-hybridized carbons (Fsp3) is 0.444. The molecule has 0 radical (unpaired) electrons. The van der Waals surface area contributed by atoms with Crippen LogP contribution in [0.3, 0.4) is 0 Å². The molecular weight excluding hydrogens is 332 g/mol. The van der Waals surface area contributed by atoms with Gasteiger partial charge in [0.1, 0.15) is 11.4 Å². The van der Waals surface area contributed by atoms with E-state index in [-0.39, 0.29) is 17.7 Å². The van der Waals surface area contributed by atoms with Crippen molar-refractivity contribution in [1.82, 2.24) is 20.1 Å². The zero-order valence-corrected chi connectivity index (χ0v) is 14.4. The molecule has 2 fully saturated rings. The Morgan fingerprint density at radius 3 is 2.62 bits per heavy atom. The van der Waals surface area contributed by atoms with Crippen LogP contribution in [0.15, 0.2) is 36.8 Å². The number of hydrogen-bond donors (Lipinski definition) is 3. The predicted octanol–water partition coefficient (Wildman–Crippen LogP) is 1.34. The Morgan fingerprint density at radius 1 is 1.19 bits per heavy atom. The summed E-state index contributed by atoms with van der Waals surface area (Å²) >= 11 is 0. The first kappa shape index (κ1) is 16.7. The van der Waals surface area contributed by atoms with E-state index in [4.69, 9.17) is 0 Å². The van der Waals surface area contributed by atoms with Gasteiger partial charge in [-0.25, -0.2) is 4.98 Å². The Labute approximate surface area is 151 Å². The van der Waals surface area contributed by atoms with Gasteiger partial charge in [0.2, 0.25) is 5.91 Å². The van der Waals surface area contributed by atoms with Crippen molar-refractivity contribution in [1.29, 1.82) is 0 Å². The quantitative estimate of drug-likeness (QED) is 0.752. The second-order valence-electron chi connectivity index (χ2n) is 6.88. The molecule has 1 aliphatic heterocycles. The van der Waals surface area contributed by atoms with Crippen LogP contribution in [-0.4, -0.2) is 39.7 Å². The molecule has 3 N–H and O–H groups in total. The Bertz CT molecular complexity index is 777. The average Bonchev–Trinajstić information content (AvgIpc) is 3.38. The largest absolute Gasteiger partial charge is 0.323 e. The van der Waals surface area contributed by atoms with E-state index in [1.54, 1.807) is 29.2 Å². The minimum Gasteiger partial charge on any atom is -0.323 e. The van der Waals surface area contributed by atoms with Crippen LogP contribution in [0.4, 0.5) is 11.5 Å². The van der Waals surface area contributed by atoms with E-state index in [1.165, 1.54) is 0 Å². The van der Waals surface area contributed by atoms with E-state index in [0.717, 1.165) is 25.9 Å². The highest BCUT2D eigenvalue weighted by molar-refractivity contribution is 5.97. The van der Waals surface area contributed by atoms with Gasteiger partial charge >= 0.3 is 0 Å². The van der Waals surface area contributed by atoms with Crippen molar-refractivity contribution in [2.45, 2.75) is 31.2 Å². The minimum atomic E-state index is -0.701. The molecule has 0 spiro atoms. The van der Waals surface area contributed by atoms with Crippen molar-refractivity contribution in [3.63, 3.8) is 0 Å². The highest BCUT2D eigenvalue weighted by Crippen LogP contribution is 2.30. The summed E-state index contributed by atoms with van der Waals surface area (Å²) in [7, 11) is 0. The molecule has 3 heterocycles. The maximum atomic E-state index is 13.1. The van der Waals surface area contributed by atoms with Gasteiger partial charge in [0.25, 0.3) is 5.91 Å². The summed E-state index contributed by atoms with van der Waals surface area (Å²) in [4.78, 5) is 29.1. The van der Waals surface area contributed by atoms with Crippen LogP contribution < -0.4 is 16.0 Å². The monoisotopic (exact) mass is 354 g/mol. The molecule has 2 aliphatic rings. The van der Waals surface area contributed by atoms with E-state index in [9.17, 15) is 9.59 Å². The highest BCUT2D eigenvalue weighted by Gasteiger charge is 2.42. The van der Waals surface area contributed by atoms with Crippen LogP contribution in [0, 0.1) is 5.92 Å². The molecule has 2 amide bonds. The lowest BCUT2D eigenvalue weighted by atomic mass is 9.87. The molecule has 0 bridgehead atoms. The lowest BCUT2D eigenvalue weighted by Gasteiger charge is -2.36. The molecule has 1 aliphatic carbocycles. The lowest BCUT2D eigenvalue weighted by Crippen LogP contribution is -2.52. The minimum absolute atomic E-state index is 0.0154. The summed E-state index contributed by atoms with van der Waals surface area (Å²) in [6.45, 7) is 1.52. The van der Waals surface area contributed by atoms with Crippen molar-refractivity contribution in [2.24, 2.45) is 5.92 Å². The van der Waals surface area contributed by atoms with Gasteiger partial charge in [0.05, 0.1) is 11.9 Å². The number of hydrogen-bond acceptors (Lipinski definition) is 5. The number of aromatic nitrogens is 3. The van der Waals surface area contributed by atoms with Crippen molar-refractivity contribution in [3.8, 4) is 0 Å². The topological polar surface area (TPSA) is 101 Å². The van der Waals surface area contributed by atoms with E-state index < -0.39 is 5.54 Å². The van der Waals surface area contributed by atoms with Crippen LogP contribution in [0.2, 0.25) is 0 Å². The Balaban J connectivity index is 1.46. The van der Waals surface area contributed by atoms with Gasteiger partial charge in [-0.15, -0.1) is 0 Å². The number of anilines is 2. The van der Waals surface area contributed by atoms with Crippen molar-refractivity contribution < 1.29 is 9.59 Å². The van der Waals surface area contributed by atoms with Gasteiger partial charge < -0.3 is 16.0 Å². The standard InChI is InChI=1S/C18H22N6O2/c25-16(13-2-3-13)23-15-5-4-14(12-20-15)22-17(26)18(6-9-19-10-7-18)24-11-1-8-21-24/h1,4-5,8,11-13,19H,2-3,6-7,9-10H2,(H,22,26)(H,20,23,25). The highest BCUT2D eigenvalue weighted by atomic mass is 16.2. The SMILES string of the molecule is O=C(Nc1ccc(NC(=O)C2(n3cccn3)CCNCC2)cn1)C1CC1. The third-order valence-electron chi connectivity index (χ3n) is 5.02. The zero-order valence-electron chi connectivity index (χ0n) is 14.4. The molecule has 0 unspecified atom stereocenters. The van der Waals surface area contributed by atoms with E-state index in [1.807, 2.05) is 12.3 Å². The van der Waals surface area contributed by atoms with Crippen molar-refractivity contribution >= 4 is 23.3 Å². The van der Waals surface area contributed by atoms with Crippen LogP contribution in [0.5, 0.6) is 0 Å². The molecule has 2 aromatic rings. The molecule has 2 aromatic heterocycles. The summed E-state index contributed by atoms with van der Waals surface area (Å²) in [5, 5.41) is 13.3. The van der Waals surface area contributed by atoms with Crippen LogP contribution in [-0.2, 0) is 15.1 Å². The van der Waals surface area contributed by atoms with Gasteiger partial charge in [-0.2, -0.15) is 5.10 Å². The van der Waals surface area contributed by atoms with Crippen LogP contribution in [0.25, 0.3) is 0 Å². The molecule has 1 saturated carbocycles. The van der Waals surface area contributed by atoms with Gasteiger partial charge in [-0.05, 0) is 57.0 Å². The van der Waals surface area contributed by atoms with Crippen LogP contribution >= 0.6 is 0 Å². The van der Waals surface area contributed by atoms with Gasteiger partial charge in [0, 0.05) is 18.3 Å². The summed E-state index contributed by atoms with van der Waals surface area (Å²) in [5.41, 5.74) is -0.0994. The number of carbonyl (C=O) groups excluding carboxylic acids is 2. The number of nitrogens with one attached hydrogen (secondary N) is 3. The lowest BCUT2D eigenvalue weighted by molar-refractivity contribution is -0.126. The Hall–Kier alpha value is -2.74. The van der Waals surface area contributed by atoms with Gasteiger partial charge in [0.15, 0.2) is 0 Å². The Morgan fingerprint density at radius 2 is 2.00 bits per heavy atom. The normalized spacial score (nSPS) is 18.9. The third-order valence-corrected chi connectivity index (χ3v) is 5.02. The fourth-order valence-corrected chi connectivity index (χ4v) is 3.29. The predicted molar refractivity (Wildman–Crippen MR) is 96.5 cm³/mol. The van der Waals surface area contributed by atoms with Crippen LogP contribution in [0.1, 0.15) is 25.7 Å². The number of nitrogens with zero attached hydrogens (tertiary/aromatic N) is 3. The molecular formula is C18H22N6O2. The van der Waals surface area contributed by atoms with Crippen molar-refractivity contribution in [3.05, 3.63) is 36.8 Å². The zero-order chi connectivity index (χ0) is 18.0. The molecule has 8 heteroatoms. The average molecular weight is 354 g/mol. The molecule has 0 atom stereocenters. The van der Waals surface area contributed by atoms with Gasteiger partial charge in [-0.3, -0.25) is 14.3 Å². The number of amides is 2. The maximum absolute atomic E-state index is 13.1. The molecule has 4 rings (SSSR count). The summed E-state index contributed by atoms with van der Waals surface area (Å²) < 4.78 is 1.75. The Kier molecular flexibility index (Phi) is 4.42. The number of rotatable bonds is 5. The third kappa shape index (κ3) is 3.32. The molecule has 1 saturated heterocycles. The number of piperidine rings is 1. The molecule has 8 nitrogen and oxygen atoms in total. The fourth-order valence-electron chi connectivity index (χ4n) is 3.29. The molecule has 0 aromatic carbocycles. The summed E-state index contributed by atoms with van der Waals surface area (Å²) in [6.07, 6.45) is 8.33. The van der Waals surface area contributed by atoms with E-state index in [2.05, 4.69) is 26.0 Å². The maximum Gasteiger partial charge on any atom is 0.252 e. The molecule has 26 heavy (non-hydrogen) atoms. The first-order valence-corrected chi connectivity index (χ1v) is 8.97. The number of carbonyl (C=O) groups is 2. The van der Waals surface area contributed by atoms with E-state index >= 15 is 0 Å². The molecule has 136 valence electrons. The summed E-state index contributed by atoms with van der Waals surface area (Å²) in [6, 6.07) is 5.29. The van der Waals surface area contributed by atoms with E-state index in [0.29, 0.717) is 24.3 Å². The first-order valence-electron chi connectivity index (χ1n) is 8.97. The first-order chi connectivity index (χ1) is 12.7. The summed E-state index contributed by atoms with van der Waals surface area (Å²) in [5.74, 6) is 0.550. The van der Waals surface area contributed by atoms with Crippen molar-refractivity contribution in [2.75, 3.05) is 23.7 Å². The number of pyridine rings is 1. The second-order valence-corrected chi connectivity index (χ2v) is 6.88.